The van der Waals surface area contributed by atoms with Crippen molar-refractivity contribution in [2.75, 3.05) is 27.2 Å². The Morgan fingerprint density at radius 2 is 2.00 bits per heavy atom. The van der Waals surface area contributed by atoms with Crippen LogP contribution < -0.4 is 0 Å². The van der Waals surface area contributed by atoms with Gasteiger partial charge in [0.1, 0.15) is 0 Å². The summed E-state index contributed by atoms with van der Waals surface area (Å²) in [5.41, 5.74) is 1.00. The number of carbonyl (C=O) groups is 2. The minimum atomic E-state index is -0.234. The molecular weight excluding hydrogens is 280 g/mol. The topological polar surface area (TPSA) is 49.9 Å². The summed E-state index contributed by atoms with van der Waals surface area (Å²) < 4.78 is 5.75. The van der Waals surface area contributed by atoms with E-state index in [1.165, 1.54) is 0 Å². The first-order valence-corrected chi connectivity index (χ1v) is 7.74. The highest BCUT2D eigenvalue weighted by Gasteiger charge is 2.50. The monoisotopic (exact) mass is 302 g/mol. The molecule has 0 saturated carbocycles. The number of fused-ring (bicyclic) bond motifs is 1. The second kappa shape index (κ2) is 6.08. The van der Waals surface area contributed by atoms with E-state index < -0.39 is 0 Å². The van der Waals surface area contributed by atoms with Crippen molar-refractivity contribution in [2.45, 2.75) is 25.0 Å². The fourth-order valence-corrected chi connectivity index (χ4v) is 3.48. The summed E-state index contributed by atoms with van der Waals surface area (Å²) in [6.45, 7) is 1.10. The number of hydrogen-bond donors (Lipinski definition) is 0. The van der Waals surface area contributed by atoms with E-state index in [0.29, 0.717) is 19.6 Å². The second-order valence-electron chi connectivity index (χ2n) is 6.24. The van der Waals surface area contributed by atoms with Gasteiger partial charge in [-0.3, -0.25) is 9.59 Å². The van der Waals surface area contributed by atoms with Crippen molar-refractivity contribution in [3.05, 3.63) is 35.9 Å². The summed E-state index contributed by atoms with van der Waals surface area (Å²) >= 11 is 0. The van der Waals surface area contributed by atoms with Gasteiger partial charge in [-0.15, -0.1) is 0 Å². The summed E-state index contributed by atoms with van der Waals surface area (Å²) in [6, 6.07) is 9.78. The van der Waals surface area contributed by atoms with Crippen LogP contribution in [0.2, 0.25) is 0 Å². The van der Waals surface area contributed by atoms with Gasteiger partial charge in [-0.2, -0.15) is 0 Å². The lowest BCUT2D eigenvalue weighted by Crippen LogP contribution is -2.38. The van der Waals surface area contributed by atoms with E-state index in [-0.39, 0.29) is 29.9 Å². The molecule has 22 heavy (non-hydrogen) atoms. The lowest BCUT2D eigenvalue weighted by molar-refractivity contribution is -0.135. The van der Waals surface area contributed by atoms with E-state index in [9.17, 15) is 9.59 Å². The fraction of sp³-hybridized carbons (Fsp3) is 0.529. The van der Waals surface area contributed by atoms with Crippen LogP contribution in [0.5, 0.6) is 0 Å². The molecule has 3 atom stereocenters. The van der Waals surface area contributed by atoms with E-state index in [1.54, 1.807) is 19.0 Å². The lowest BCUT2D eigenvalue weighted by atomic mass is 10.0. The van der Waals surface area contributed by atoms with Crippen LogP contribution >= 0.6 is 0 Å². The fourth-order valence-electron chi connectivity index (χ4n) is 3.48. The van der Waals surface area contributed by atoms with Gasteiger partial charge < -0.3 is 14.5 Å². The molecule has 0 aromatic heterocycles. The first-order chi connectivity index (χ1) is 10.6. The van der Waals surface area contributed by atoms with E-state index in [2.05, 4.69) is 0 Å². The van der Waals surface area contributed by atoms with Crippen molar-refractivity contribution < 1.29 is 14.3 Å². The Kier molecular flexibility index (Phi) is 4.16. The van der Waals surface area contributed by atoms with Gasteiger partial charge >= 0.3 is 0 Å². The molecule has 1 aromatic rings. The third-order valence-electron chi connectivity index (χ3n) is 4.57. The van der Waals surface area contributed by atoms with Crippen molar-refractivity contribution in [3.8, 4) is 0 Å². The van der Waals surface area contributed by atoms with Crippen molar-refractivity contribution in [2.24, 2.45) is 5.92 Å². The average Bonchev–Trinajstić information content (AvgIpc) is 3.09. The molecule has 2 heterocycles. The molecule has 0 unspecified atom stereocenters. The maximum absolute atomic E-state index is 12.6. The predicted octanol–water partition coefficient (Wildman–Crippen LogP) is 0.933. The molecule has 1 aromatic carbocycles. The molecule has 2 aliphatic heterocycles. The normalized spacial score (nSPS) is 26.8. The molecule has 5 heteroatoms. The van der Waals surface area contributed by atoms with Crippen molar-refractivity contribution in [1.29, 1.82) is 0 Å². The number of amides is 2. The smallest absolute Gasteiger partial charge is 0.229 e. The number of carbonyl (C=O) groups excluding carboxylic acids is 2. The van der Waals surface area contributed by atoms with Crippen LogP contribution in [0.15, 0.2) is 30.3 Å². The van der Waals surface area contributed by atoms with E-state index >= 15 is 0 Å². The van der Waals surface area contributed by atoms with Gasteiger partial charge in [-0.1, -0.05) is 30.3 Å². The summed E-state index contributed by atoms with van der Waals surface area (Å²) in [5, 5.41) is 0. The lowest BCUT2D eigenvalue weighted by Gasteiger charge is -2.22. The Hall–Kier alpha value is -1.88. The Morgan fingerprint density at radius 1 is 1.27 bits per heavy atom. The number of nitrogens with zero attached hydrogens (tertiary/aromatic N) is 2. The van der Waals surface area contributed by atoms with Gasteiger partial charge in [-0.05, 0) is 12.0 Å². The molecule has 2 amide bonds. The molecule has 118 valence electrons. The molecule has 2 aliphatic rings. The van der Waals surface area contributed by atoms with Gasteiger partial charge in [0, 0.05) is 27.2 Å². The first-order valence-electron chi connectivity index (χ1n) is 7.74. The number of rotatable bonds is 3. The molecular formula is C17H22N2O3. The van der Waals surface area contributed by atoms with Crippen LogP contribution in [-0.4, -0.2) is 61.0 Å². The largest absolute Gasteiger partial charge is 0.375 e. The Bertz CT molecular complexity index is 558. The summed E-state index contributed by atoms with van der Waals surface area (Å²) in [7, 11) is 3.50. The Morgan fingerprint density at radius 3 is 2.68 bits per heavy atom. The molecule has 2 fully saturated rings. The van der Waals surface area contributed by atoms with Crippen LogP contribution in [0.25, 0.3) is 0 Å². The molecule has 0 spiro atoms. The van der Waals surface area contributed by atoms with Crippen LogP contribution in [0.1, 0.15) is 12.0 Å². The highest BCUT2D eigenvalue weighted by atomic mass is 16.5. The van der Waals surface area contributed by atoms with Crippen LogP contribution in [0.4, 0.5) is 0 Å². The summed E-state index contributed by atoms with van der Waals surface area (Å²) in [4.78, 5) is 28.4. The van der Waals surface area contributed by atoms with Gasteiger partial charge in [0.25, 0.3) is 0 Å². The maximum atomic E-state index is 12.6. The van der Waals surface area contributed by atoms with Gasteiger partial charge in [0.05, 0.1) is 24.5 Å². The Labute approximate surface area is 130 Å². The van der Waals surface area contributed by atoms with Crippen LogP contribution in [0.3, 0.4) is 0 Å². The standard InChI is InChI=1S/C17H22N2O3/c1-18(2)17(21)13-11-19(14-8-9-22-16(13)14)15(20)10-12-6-4-3-5-7-12/h3-7,13-14,16H,8-11H2,1-2H3/t13-,14+,16-/m0/s1. The predicted molar refractivity (Wildman–Crippen MR) is 82.2 cm³/mol. The van der Waals surface area contributed by atoms with Gasteiger partial charge in [0.15, 0.2) is 0 Å². The minimum absolute atomic E-state index is 0.0464. The second-order valence-corrected chi connectivity index (χ2v) is 6.24. The number of likely N-dealkylation sites (tertiary alicyclic amines) is 1. The average molecular weight is 302 g/mol. The molecule has 0 aliphatic carbocycles. The highest BCUT2D eigenvalue weighted by Crippen LogP contribution is 2.34. The number of benzene rings is 1. The zero-order valence-electron chi connectivity index (χ0n) is 13.1. The number of ether oxygens (including phenoxy) is 1. The molecule has 5 nitrogen and oxygen atoms in total. The third kappa shape index (κ3) is 2.73. The zero-order chi connectivity index (χ0) is 15.7. The van der Waals surface area contributed by atoms with Gasteiger partial charge in [-0.25, -0.2) is 0 Å². The van der Waals surface area contributed by atoms with Crippen LogP contribution in [-0.2, 0) is 20.7 Å². The maximum Gasteiger partial charge on any atom is 0.229 e. The van der Waals surface area contributed by atoms with E-state index in [0.717, 1.165) is 12.0 Å². The number of hydrogen-bond acceptors (Lipinski definition) is 3. The quantitative estimate of drug-likeness (QED) is 0.835. The van der Waals surface area contributed by atoms with Gasteiger partial charge in [0.2, 0.25) is 11.8 Å². The summed E-state index contributed by atoms with van der Waals surface area (Å²) in [6.07, 6.45) is 1.06. The minimum Gasteiger partial charge on any atom is -0.375 e. The first kappa shape index (κ1) is 15.0. The van der Waals surface area contributed by atoms with Crippen molar-refractivity contribution in [1.82, 2.24) is 9.80 Å². The molecule has 2 saturated heterocycles. The Balaban J connectivity index is 1.74. The molecule has 0 bridgehead atoms. The van der Waals surface area contributed by atoms with Crippen LogP contribution in [0, 0.1) is 5.92 Å². The molecule has 0 radical (unpaired) electrons. The molecule has 3 rings (SSSR count). The zero-order valence-corrected chi connectivity index (χ0v) is 13.1. The van der Waals surface area contributed by atoms with Crippen molar-refractivity contribution in [3.63, 3.8) is 0 Å². The highest BCUT2D eigenvalue weighted by molar-refractivity contribution is 5.84. The third-order valence-corrected chi connectivity index (χ3v) is 4.57. The van der Waals surface area contributed by atoms with E-state index in [1.807, 2.05) is 35.2 Å². The SMILES string of the molecule is CN(C)C(=O)[C@H]1CN(C(=O)Cc2ccccc2)[C@@H]2CCO[C@@H]12. The van der Waals surface area contributed by atoms with E-state index in [4.69, 9.17) is 4.74 Å². The molecule has 0 N–H and O–H groups in total. The summed E-state index contributed by atoms with van der Waals surface area (Å²) in [5.74, 6) is -0.102. The van der Waals surface area contributed by atoms with Crippen molar-refractivity contribution >= 4 is 11.8 Å².